The van der Waals surface area contributed by atoms with Crippen LogP contribution in [0.2, 0.25) is 0 Å². The number of nitrogens with one attached hydrogen (secondary N) is 1. The van der Waals surface area contributed by atoms with Gasteiger partial charge in [0.1, 0.15) is 5.75 Å². The fourth-order valence-corrected chi connectivity index (χ4v) is 1.59. The topological polar surface area (TPSA) is 74.6 Å². The van der Waals surface area contributed by atoms with Gasteiger partial charge >= 0.3 is 0 Å². The second kappa shape index (κ2) is 7.68. The van der Waals surface area contributed by atoms with Gasteiger partial charge in [0.15, 0.2) is 0 Å². The van der Waals surface area contributed by atoms with E-state index in [1.165, 1.54) is 6.26 Å². The lowest BCUT2D eigenvalue weighted by Gasteiger charge is -2.12. The van der Waals surface area contributed by atoms with Crippen molar-refractivity contribution in [3.8, 4) is 5.75 Å². The molecule has 5 nitrogen and oxygen atoms in total. The number of aromatic nitrogens is 1. The van der Waals surface area contributed by atoms with Gasteiger partial charge in [-0.1, -0.05) is 6.58 Å². The number of rotatable bonds is 8. The molecule has 0 bridgehead atoms. The van der Waals surface area contributed by atoms with Crippen LogP contribution in [-0.2, 0) is 17.9 Å². The Labute approximate surface area is 107 Å². The number of hydrogen-bond donors (Lipinski definition) is 3. The van der Waals surface area contributed by atoms with Crippen molar-refractivity contribution in [1.82, 2.24) is 10.3 Å². The zero-order chi connectivity index (χ0) is 13.4. The molecule has 0 aromatic carbocycles. The summed E-state index contributed by atoms with van der Waals surface area (Å²) in [5.41, 5.74) is 1.92. The molecule has 100 valence electrons. The lowest BCUT2D eigenvalue weighted by molar-refractivity contribution is 0.244. The van der Waals surface area contributed by atoms with Crippen LogP contribution in [0, 0.1) is 6.92 Å². The Hall–Kier alpha value is -1.59. The lowest BCUT2D eigenvalue weighted by atomic mass is 10.1. The van der Waals surface area contributed by atoms with E-state index in [9.17, 15) is 10.2 Å². The molecular weight excluding hydrogens is 232 g/mol. The summed E-state index contributed by atoms with van der Waals surface area (Å²) in [6.07, 6.45) is 3.86. The van der Waals surface area contributed by atoms with Crippen molar-refractivity contribution in [2.75, 3.05) is 13.2 Å². The van der Waals surface area contributed by atoms with Gasteiger partial charge in [-0.05, 0) is 19.9 Å². The molecule has 0 unspecified atom stereocenters. The molecule has 0 amide bonds. The summed E-state index contributed by atoms with van der Waals surface area (Å²) < 4.78 is 5.00. The number of hydrogen-bond acceptors (Lipinski definition) is 5. The van der Waals surface area contributed by atoms with E-state index in [1.54, 1.807) is 13.1 Å². The van der Waals surface area contributed by atoms with Crippen LogP contribution in [-0.4, -0.2) is 28.3 Å². The van der Waals surface area contributed by atoms with Crippen molar-refractivity contribution in [1.29, 1.82) is 0 Å². The van der Waals surface area contributed by atoms with Crippen LogP contribution in [0.4, 0.5) is 0 Å². The van der Waals surface area contributed by atoms with Gasteiger partial charge in [0.05, 0.1) is 25.2 Å². The van der Waals surface area contributed by atoms with Crippen molar-refractivity contribution in [3.05, 3.63) is 35.9 Å². The third-order valence-corrected chi connectivity index (χ3v) is 2.64. The summed E-state index contributed by atoms with van der Waals surface area (Å²) in [6, 6.07) is 0. The molecule has 0 radical (unpaired) electrons. The summed E-state index contributed by atoms with van der Waals surface area (Å²) in [4.78, 5) is 4.01. The van der Waals surface area contributed by atoms with E-state index in [0.717, 1.165) is 13.0 Å². The zero-order valence-corrected chi connectivity index (χ0v) is 10.6. The average Bonchev–Trinajstić information content (AvgIpc) is 2.38. The maximum absolute atomic E-state index is 9.90. The fraction of sp³-hybridized carbons (Fsp3) is 0.462. The molecule has 0 fully saturated rings. The predicted octanol–water partition coefficient (Wildman–Crippen LogP) is 1.23. The number of ether oxygens (including phenoxy) is 1. The fourth-order valence-electron chi connectivity index (χ4n) is 1.59. The van der Waals surface area contributed by atoms with Crippen LogP contribution in [0.25, 0.3) is 0 Å². The van der Waals surface area contributed by atoms with E-state index in [4.69, 9.17) is 4.74 Å². The third-order valence-electron chi connectivity index (χ3n) is 2.64. The molecule has 1 aromatic rings. The molecule has 18 heavy (non-hydrogen) atoms. The monoisotopic (exact) mass is 252 g/mol. The van der Waals surface area contributed by atoms with Crippen LogP contribution in [0.15, 0.2) is 19.0 Å². The highest BCUT2D eigenvalue weighted by Gasteiger charge is 2.10. The quantitative estimate of drug-likeness (QED) is 0.479. The maximum Gasteiger partial charge on any atom is 0.141 e. The molecule has 5 heteroatoms. The highest BCUT2D eigenvalue weighted by Crippen LogP contribution is 2.23. The number of aliphatic hydroxyl groups excluding tert-OH is 1. The summed E-state index contributed by atoms with van der Waals surface area (Å²) in [6.45, 7) is 6.94. The Bertz CT molecular complexity index is 394. The first-order valence-electron chi connectivity index (χ1n) is 5.91. The minimum atomic E-state index is -0.128. The summed E-state index contributed by atoms with van der Waals surface area (Å²) in [5.74, 6) is 0.149. The number of pyridine rings is 1. The van der Waals surface area contributed by atoms with E-state index in [-0.39, 0.29) is 12.4 Å². The van der Waals surface area contributed by atoms with Gasteiger partial charge in [0.2, 0.25) is 0 Å². The number of aryl methyl sites for hydroxylation is 1. The van der Waals surface area contributed by atoms with Crippen LogP contribution < -0.4 is 5.32 Å². The molecule has 0 aliphatic carbocycles. The van der Waals surface area contributed by atoms with Gasteiger partial charge < -0.3 is 20.3 Å². The van der Waals surface area contributed by atoms with Crippen LogP contribution in [0.1, 0.15) is 23.2 Å². The first-order chi connectivity index (χ1) is 8.70. The predicted molar refractivity (Wildman–Crippen MR) is 69.0 cm³/mol. The van der Waals surface area contributed by atoms with E-state index in [0.29, 0.717) is 30.0 Å². The minimum Gasteiger partial charge on any atom is -0.506 e. The molecule has 0 aliphatic heterocycles. The van der Waals surface area contributed by atoms with Crippen molar-refractivity contribution in [2.24, 2.45) is 0 Å². The number of nitrogens with zero attached hydrogens (tertiary/aromatic N) is 1. The van der Waals surface area contributed by atoms with Gasteiger partial charge in [-0.2, -0.15) is 0 Å². The highest BCUT2D eigenvalue weighted by molar-refractivity contribution is 5.40. The van der Waals surface area contributed by atoms with Crippen molar-refractivity contribution >= 4 is 0 Å². The molecule has 1 aromatic heterocycles. The van der Waals surface area contributed by atoms with Crippen molar-refractivity contribution in [3.63, 3.8) is 0 Å². The Morgan fingerprint density at radius 3 is 3.00 bits per heavy atom. The van der Waals surface area contributed by atoms with Crippen molar-refractivity contribution < 1.29 is 14.9 Å². The third kappa shape index (κ3) is 4.01. The molecule has 0 aliphatic rings. The number of aliphatic hydroxyl groups is 1. The Kier molecular flexibility index (Phi) is 6.18. The van der Waals surface area contributed by atoms with Gasteiger partial charge in [-0.3, -0.25) is 4.98 Å². The maximum atomic E-state index is 9.90. The van der Waals surface area contributed by atoms with E-state index in [2.05, 4.69) is 16.9 Å². The molecule has 1 rings (SSSR count). The zero-order valence-electron chi connectivity index (χ0n) is 10.6. The smallest absolute Gasteiger partial charge is 0.141 e. The average molecular weight is 252 g/mol. The first-order valence-corrected chi connectivity index (χ1v) is 5.91. The van der Waals surface area contributed by atoms with E-state index in [1.807, 2.05) is 0 Å². The van der Waals surface area contributed by atoms with Crippen LogP contribution in [0.3, 0.4) is 0 Å². The number of aromatic hydroxyl groups is 1. The summed E-state index contributed by atoms with van der Waals surface area (Å²) in [7, 11) is 0. The van der Waals surface area contributed by atoms with Gasteiger partial charge in [0.25, 0.3) is 0 Å². The minimum absolute atomic E-state index is 0.128. The summed E-state index contributed by atoms with van der Waals surface area (Å²) in [5, 5.41) is 22.3. The molecular formula is C13H20N2O3. The van der Waals surface area contributed by atoms with Gasteiger partial charge in [0, 0.05) is 23.9 Å². The van der Waals surface area contributed by atoms with Crippen LogP contribution in [0.5, 0.6) is 5.75 Å². The first kappa shape index (κ1) is 14.5. The standard InChI is InChI=1S/C13H20N2O3/c1-3-18-6-4-5-14-8-12-11(9-16)7-15-10(2)13(12)17/h3,7,14,16-17H,1,4-6,8-9H2,2H3. The van der Waals surface area contributed by atoms with Crippen molar-refractivity contribution in [2.45, 2.75) is 26.5 Å². The van der Waals surface area contributed by atoms with E-state index >= 15 is 0 Å². The SMILES string of the molecule is C=COCCCNCc1c(CO)cnc(C)c1O. The second-order valence-electron chi connectivity index (χ2n) is 3.92. The highest BCUT2D eigenvalue weighted by atomic mass is 16.5. The Balaban J connectivity index is 2.50. The Morgan fingerprint density at radius 2 is 2.33 bits per heavy atom. The van der Waals surface area contributed by atoms with Crippen LogP contribution >= 0.6 is 0 Å². The largest absolute Gasteiger partial charge is 0.506 e. The molecule has 0 saturated heterocycles. The normalized spacial score (nSPS) is 10.3. The lowest BCUT2D eigenvalue weighted by Crippen LogP contribution is -2.17. The summed E-state index contributed by atoms with van der Waals surface area (Å²) >= 11 is 0. The van der Waals surface area contributed by atoms with E-state index < -0.39 is 0 Å². The molecule has 0 saturated carbocycles. The van der Waals surface area contributed by atoms with Gasteiger partial charge in [-0.25, -0.2) is 0 Å². The molecule has 1 heterocycles. The molecule has 0 atom stereocenters. The molecule has 3 N–H and O–H groups in total. The second-order valence-corrected chi connectivity index (χ2v) is 3.92. The molecule has 0 spiro atoms. The van der Waals surface area contributed by atoms with Gasteiger partial charge in [-0.15, -0.1) is 0 Å². The Morgan fingerprint density at radius 1 is 1.56 bits per heavy atom.